The first-order valence-corrected chi connectivity index (χ1v) is 9.78. The van der Waals surface area contributed by atoms with Crippen molar-refractivity contribution in [2.45, 2.75) is 28.5 Å². The zero-order valence-electron chi connectivity index (χ0n) is 14.8. The summed E-state index contributed by atoms with van der Waals surface area (Å²) >= 11 is 13.0. The maximum absolute atomic E-state index is 5.71. The van der Waals surface area contributed by atoms with Crippen LogP contribution in [0.5, 0.6) is 0 Å². The van der Waals surface area contributed by atoms with Crippen LogP contribution in [0, 0.1) is 0 Å². The van der Waals surface area contributed by atoms with Crippen LogP contribution >= 0.6 is 37.9 Å². The van der Waals surface area contributed by atoms with E-state index in [0.717, 1.165) is 31.1 Å². The molecule has 0 spiro atoms. The van der Waals surface area contributed by atoms with Crippen LogP contribution < -0.4 is 5.73 Å². The zero-order chi connectivity index (χ0) is 19.1. The second-order valence-electron chi connectivity index (χ2n) is 5.38. The van der Waals surface area contributed by atoms with Gasteiger partial charge < -0.3 is 5.73 Å². The van der Waals surface area contributed by atoms with Crippen molar-refractivity contribution < 1.29 is 0 Å². The molecule has 0 aliphatic carbocycles. The third-order valence-corrected chi connectivity index (χ3v) is 5.34. The van der Waals surface area contributed by atoms with Gasteiger partial charge >= 0.3 is 0 Å². The molecule has 4 aromatic carbocycles. The van der Waals surface area contributed by atoms with Gasteiger partial charge in [-0.25, -0.2) is 0 Å². The van der Waals surface area contributed by atoms with E-state index in [4.69, 9.17) is 5.73 Å². The Morgan fingerprint density at radius 1 is 0.577 bits per heavy atom. The van der Waals surface area contributed by atoms with Gasteiger partial charge in [-0.1, -0.05) is 74.5 Å². The lowest BCUT2D eigenvalue weighted by Gasteiger charge is -2.03. The molecule has 4 rings (SSSR count). The number of nitrogens with two attached hydrogens (primary N) is 1. The molecule has 0 aliphatic rings. The lowest BCUT2D eigenvalue weighted by Crippen LogP contribution is -1.86. The highest BCUT2D eigenvalue weighted by Crippen LogP contribution is 2.28. The van der Waals surface area contributed by atoms with E-state index in [0.29, 0.717) is 0 Å². The molecule has 0 saturated heterocycles. The second-order valence-corrected chi connectivity index (χ2v) is 6.76. The molecule has 0 heterocycles. The van der Waals surface area contributed by atoms with Crippen molar-refractivity contribution in [3.63, 3.8) is 0 Å². The van der Waals surface area contributed by atoms with Crippen LogP contribution in [0.15, 0.2) is 87.5 Å². The Morgan fingerprint density at radius 2 is 1.04 bits per heavy atom. The van der Waals surface area contributed by atoms with E-state index >= 15 is 0 Å². The summed E-state index contributed by atoms with van der Waals surface area (Å²) in [5.74, 6) is 0. The predicted molar refractivity (Wildman–Crippen MR) is 125 cm³/mol. The van der Waals surface area contributed by atoms with E-state index in [1.807, 2.05) is 62.4 Å². The van der Waals surface area contributed by atoms with Crippen LogP contribution in [0.25, 0.3) is 21.5 Å². The number of benzene rings is 4. The Balaban J connectivity index is 0.000000171. The minimum Gasteiger partial charge on any atom is -0.398 e. The summed E-state index contributed by atoms with van der Waals surface area (Å²) in [4.78, 5) is 2.75. The SMILES string of the molecule is CC.Nc1ccc2ccccc2c1S.Sc1ccc2ccccc2c1S. The van der Waals surface area contributed by atoms with E-state index in [1.54, 1.807) is 0 Å². The number of thiol groups is 3. The van der Waals surface area contributed by atoms with Crippen LogP contribution in [0.1, 0.15) is 13.8 Å². The van der Waals surface area contributed by atoms with Crippen molar-refractivity contribution in [1.29, 1.82) is 0 Å². The van der Waals surface area contributed by atoms with Crippen LogP contribution in [0.4, 0.5) is 5.69 Å². The smallest absolute Gasteiger partial charge is 0.0456 e. The van der Waals surface area contributed by atoms with Crippen LogP contribution in [-0.4, -0.2) is 0 Å². The molecule has 134 valence electrons. The molecule has 0 aliphatic heterocycles. The molecule has 0 fully saturated rings. The molecular formula is C22H23NS3. The monoisotopic (exact) mass is 397 g/mol. The van der Waals surface area contributed by atoms with Crippen molar-refractivity contribution in [1.82, 2.24) is 0 Å². The van der Waals surface area contributed by atoms with E-state index < -0.39 is 0 Å². The van der Waals surface area contributed by atoms with Gasteiger partial charge in [0.05, 0.1) is 0 Å². The first kappa shape index (κ1) is 20.6. The largest absolute Gasteiger partial charge is 0.398 e. The average molecular weight is 398 g/mol. The molecule has 0 amide bonds. The second kappa shape index (κ2) is 9.81. The summed E-state index contributed by atoms with van der Waals surface area (Å²) in [6, 6.07) is 24.1. The molecular weight excluding hydrogens is 374 g/mol. The standard InChI is InChI=1S/C10H9NS.C10H8S2.C2H6/c2*11-9-6-5-7-3-1-2-4-8(7)10(9)12;1-2/h1-6,12H,11H2;1-6,11-12H;1-2H3. The minimum absolute atomic E-state index is 0.733. The van der Waals surface area contributed by atoms with Gasteiger partial charge in [0.2, 0.25) is 0 Å². The van der Waals surface area contributed by atoms with E-state index in [9.17, 15) is 0 Å². The van der Waals surface area contributed by atoms with Gasteiger partial charge in [0, 0.05) is 20.4 Å². The lowest BCUT2D eigenvalue weighted by atomic mass is 10.1. The summed E-state index contributed by atoms with van der Waals surface area (Å²) < 4.78 is 0. The van der Waals surface area contributed by atoms with Crippen LogP contribution in [0.2, 0.25) is 0 Å². The topological polar surface area (TPSA) is 26.0 Å². The highest BCUT2D eigenvalue weighted by atomic mass is 32.1. The average Bonchev–Trinajstić information content (AvgIpc) is 2.70. The fourth-order valence-electron chi connectivity index (χ4n) is 2.52. The van der Waals surface area contributed by atoms with Crippen molar-refractivity contribution in [2.24, 2.45) is 0 Å². The highest BCUT2D eigenvalue weighted by molar-refractivity contribution is 7.83. The molecule has 26 heavy (non-hydrogen) atoms. The third-order valence-electron chi connectivity index (χ3n) is 3.81. The maximum atomic E-state index is 5.71. The van der Waals surface area contributed by atoms with Crippen molar-refractivity contribution in [3.05, 3.63) is 72.8 Å². The molecule has 0 bridgehead atoms. The number of fused-ring (bicyclic) bond motifs is 2. The summed E-state index contributed by atoms with van der Waals surface area (Å²) in [5, 5.41) is 4.66. The Morgan fingerprint density at radius 3 is 1.62 bits per heavy atom. The number of nitrogen functional groups attached to an aromatic ring is 1. The van der Waals surface area contributed by atoms with E-state index in [2.05, 4.69) is 62.2 Å². The molecule has 0 aromatic heterocycles. The lowest BCUT2D eigenvalue weighted by molar-refractivity contribution is 1.32. The predicted octanol–water partition coefficient (Wildman–Crippen LogP) is 7.15. The molecule has 0 radical (unpaired) electrons. The number of rotatable bonds is 0. The van der Waals surface area contributed by atoms with Gasteiger partial charge in [0.1, 0.15) is 0 Å². The molecule has 1 nitrogen and oxygen atoms in total. The Kier molecular flexibility index (Phi) is 7.76. The molecule has 0 unspecified atom stereocenters. The molecule has 4 heteroatoms. The fourth-order valence-corrected chi connectivity index (χ4v) is 3.27. The number of hydrogen-bond acceptors (Lipinski definition) is 4. The summed E-state index contributed by atoms with van der Waals surface area (Å²) in [7, 11) is 0. The molecule has 2 N–H and O–H groups in total. The molecule has 4 aromatic rings. The van der Waals surface area contributed by atoms with Gasteiger partial charge in [-0.2, -0.15) is 0 Å². The van der Waals surface area contributed by atoms with Crippen LogP contribution in [-0.2, 0) is 0 Å². The fraction of sp³-hybridized carbons (Fsp3) is 0.0909. The first-order chi connectivity index (χ1) is 12.6. The van der Waals surface area contributed by atoms with Gasteiger partial charge in [-0.3, -0.25) is 0 Å². The van der Waals surface area contributed by atoms with Gasteiger partial charge in [0.25, 0.3) is 0 Å². The quantitative estimate of drug-likeness (QED) is 0.184. The Labute approximate surface area is 171 Å². The summed E-state index contributed by atoms with van der Waals surface area (Å²) in [5.41, 5.74) is 6.44. The van der Waals surface area contributed by atoms with Gasteiger partial charge in [-0.05, 0) is 33.7 Å². The van der Waals surface area contributed by atoms with Crippen molar-refractivity contribution >= 4 is 65.1 Å². The molecule has 0 saturated carbocycles. The maximum Gasteiger partial charge on any atom is 0.0456 e. The van der Waals surface area contributed by atoms with Gasteiger partial charge in [0.15, 0.2) is 0 Å². The Hall–Kier alpha value is -1.75. The normalized spacial score (nSPS) is 9.88. The molecule has 0 atom stereocenters. The van der Waals surface area contributed by atoms with E-state index in [-0.39, 0.29) is 0 Å². The minimum atomic E-state index is 0.733. The third kappa shape index (κ3) is 4.70. The summed E-state index contributed by atoms with van der Waals surface area (Å²) in [6.45, 7) is 4.00. The summed E-state index contributed by atoms with van der Waals surface area (Å²) in [6.07, 6.45) is 0. The van der Waals surface area contributed by atoms with Gasteiger partial charge in [-0.15, -0.1) is 37.9 Å². The number of anilines is 1. The number of hydrogen-bond donors (Lipinski definition) is 4. The zero-order valence-corrected chi connectivity index (χ0v) is 17.5. The Bertz CT molecular complexity index is 929. The highest BCUT2D eigenvalue weighted by Gasteiger charge is 2.00. The van der Waals surface area contributed by atoms with Crippen molar-refractivity contribution in [2.75, 3.05) is 5.73 Å². The van der Waals surface area contributed by atoms with Crippen LogP contribution in [0.3, 0.4) is 0 Å². The first-order valence-electron chi connectivity index (χ1n) is 8.44. The van der Waals surface area contributed by atoms with E-state index in [1.165, 1.54) is 10.8 Å². The van der Waals surface area contributed by atoms with Crippen molar-refractivity contribution in [3.8, 4) is 0 Å².